The summed E-state index contributed by atoms with van der Waals surface area (Å²) in [4.78, 5) is 14.8. The molecule has 2 aliphatic rings. The fourth-order valence-corrected chi connectivity index (χ4v) is 3.28. The van der Waals surface area contributed by atoms with Crippen LogP contribution in [0.2, 0.25) is 0 Å². The highest BCUT2D eigenvalue weighted by Gasteiger charge is 2.16. The van der Waals surface area contributed by atoms with Gasteiger partial charge in [-0.1, -0.05) is 0 Å². The van der Waals surface area contributed by atoms with Crippen molar-refractivity contribution in [3.63, 3.8) is 0 Å². The van der Waals surface area contributed by atoms with E-state index >= 15 is 0 Å². The Bertz CT molecular complexity index is 819. The summed E-state index contributed by atoms with van der Waals surface area (Å²) in [5, 5.41) is 6.16. The van der Waals surface area contributed by atoms with Gasteiger partial charge in [0.05, 0.1) is 13.2 Å². The van der Waals surface area contributed by atoms with Crippen LogP contribution in [0.5, 0.6) is 11.5 Å². The van der Waals surface area contributed by atoms with Crippen LogP contribution in [0.4, 0.5) is 17.1 Å². The molecule has 1 atom stereocenters. The lowest BCUT2D eigenvalue weighted by Gasteiger charge is -2.29. The first-order chi connectivity index (χ1) is 13.7. The van der Waals surface area contributed by atoms with Crippen molar-refractivity contribution in [3.8, 4) is 11.5 Å². The van der Waals surface area contributed by atoms with Gasteiger partial charge >= 0.3 is 0 Å². The molecule has 1 fully saturated rings. The molecule has 2 N–H and O–H groups in total. The highest BCUT2D eigenvalue weighted by atomic mass is 16.6. The zero-order valence-corrected chi connectivity index (χ0v) is 15.9. The molecule has 1 amide bonds. The molecule has 2 aromatic carbocycles. The second-order valence-corrected chi connectivity index (χ2v) is 6.86. The highest BCUT2D eigenvalue weighted by molar-refractivity contribution is 5.96. The molecule has 0 radical (unpaired) electrons. The molecule has 148 valence electrons. The number of carbonyl (C=O) groups excluding carboxylic acids is 1. The number of morpholine rings is 1. The lowest BCUT2D eigenvalue weighted by Crippen LogP contribution is -2.36. The Morgan fingerprint density at radius 1 is 0.929 bits per heavy atom. The van der Waals surface area contributed by atoms with Gasteiger partial charge in [-0.3, -0.25) is 4.79 Å². The van der Waals surface area contributed by atoms with Crippen LogP contribution in [-0.4, -0.2) is 51.5 Å². The van der Waals surface area contributed by atoms with Gasteiger partial charge in [-0.25, -0.2) is 0 Å². The lowest BCUT2D eigenvalue weighted by molar-refractivity contribution is -0.116. The Balaban J connectivity index is 1.34. The van der Waals surface area contributed by atoms with E-state index in [0.717, 1.165) is 49.1 Å². The number of carbonyl (C=O) groups is 1. The number of ether oxygens (including phenoxy) is 3. The monoisotopic (exact) mass is 383 g/mol. The van der Waals surface area contributed by atoms with Crippen LogP contribution in [-0.2, 0) is 9.53 Å². The minimum absolute atomic E-state index is 0.103. The van der Waals surface area contributed by atoms with Crippen LogP contribution in [0.25, 0.3) is 0 Å². The predicted octanol–water partition coefficient (Wildman–Crippen LogP) is 2.73. The van der Waals surface area contributed by atoms with Gasteiger partial charge in [-0.2, -0.15) is 0 Å². The molecule has 0 aromatic heterocycles. The number of rotatable bonds is 5. The van der Waals surface area contributed by atoms with Crippen LogP contribution in [0, 0.1) is 0 Å². The van der Waals surface area contributed by atoms with Crippen molar-refractivity contribution >= 4 is 23.0 Å². The molecular weight excluding hydrogens is 358 g/mol. The van der Waals surface area contributed by atoms with E-state index in [0.29, 0.717) is 19.0 Å². The van der Waals surface area contributed by atoms with Crippen LogP contribution in [0.1, 0.15) is 6.92 Å². The Hall–Kier alpha value is -2.93. The molecule has 1 unspecified atom stereocenters. The number of nitrogens with one attached hydrogen (secondary N) is 2. The van der Waals surface area contributed by atoms with Gasteiger partial charge in [0.1, 0.15) is 19.3 Å². The fourth-order valence-electron chi connectivity index (χ4n) is 3.28. The predicted molar refractivity (Wildman–Crippen MR) is 109 cm³/mol. The quantitative estimate of drug-likeness (QED) is 0.827. The third-order valence-corrected chi connectivity index (χ3v) is 4.83. The molecule has 28 heavy (non-hydrogen) atoms. The number of fused-ring (bicyclic) bond motifs is 1. The molecule has 0 aliphatic carbocycles. The zero-order chi connectivity index (χ0) is 19.3. The first-order valence-electron chi connectivity index (χ1n) is 9.59. The van der Waals surface area contributed by atoms with Gasteiger partial charge in [0.15, 0.2) is 11.5 Å². The van der Waals surface area contributed by atoms with Crippen molar-refractivity contribution in [1.29, 1.82) is 0 Å². The number of hydrogen-bond donors (Lipinski definition) is 2. The van der Waals surface area contributed by atoms with Crippen molar-refractivity contribution < 1.29 is 19.0 Å². The maximum atomic E-state index is 12.5. The molecule has 0 spiro atoms. The number of anilines is 3. The second kappa shape index (κ2) is 8.39. The van der Waals surface area contributed by atoms with Crippen molar-refractivity contribution in [3.05, 3.63) is 42.5 Å². The summed E-state index contributed by atoms with van der Waals surface area (Å²) in [7, 11) is 0. The van der Waals surface area contributed by atoms with E-state index in [9.17, 15) is 4.79 Å². The van der Waals surface area contributed by atoms with Crippen molar-refractivity contribution in [2.75, 3.05) is 55.1 Å². The van der Waals surface area contributed by atoms with Gasteiger partial charge in [0, 0.05) is 36.2 Å². The smallest absolute Gasteiger partial charge is 0.246 e. The van der Waals surface area contributed by atoms with E-state index in [4.69, 9.17) is 14.2 Å². The minimum Gasteiger partial charge on any atom is -0.486 e. The third-order valence-electron chi connectivity index (χ3n) is 4.83. The molecule has 7 nitrogen and oxygen atoms in total. The van der Waals surface area contributed by atoms with Crippen LogP contribution < -0.4 is 25.0 Å². The van der Waals surface area contributed by atoms with Gasteiger partial charge in [-0.15, -0.1) is 0 Å². The summed E-state index contributed by atoms with van der Waals surface area (Å²) in [6.07, 6.45) is 0. The van der Waals surface area contributed by atoms with Gasteiger partial charge in [-0.05, 0) is 43.3 Å². The fraction of sp³-hybridized carbons (Fsp3) is 0.381. The van der Waals surface area contributed by atoms with E-state index in [2.05, 4.69) is 15.5 Å². The average molecular weight is 383 g/mol. The van der Waals surface area contributed by atoms with Crippen molar-refractivity contribution in [2.24, 2.45) is 0 Å². The van der Waals surface area contributed by atoms with Gasteiger partial charge in [0.2, 0.25) is 5.91 Å². The van der Waals surface area contributed by atoms with E-state index in [1.54, 1.807) is 0 Å². The standard InChI is InChI=1S/C21H25N3O4/c1-15(22-17-4-7-19-20(14-17)28-13-12-27-19)21(25)23-16-2-5-18(6-3-16)24-8-10-26-11-9-24/h2-7,14-15,22H,8-13H2,1H3,(H,23,25). The zero-order valence-electron chi connectivity index (χ0n) is 15.9. The van der Waals surface area contributed by atoms with E-state index in [-0.39, 0.29) is 5.91 Å². The van der Waals surface area contributed by atoms with Crippen LogP contribution >= 0.6 is 0 Å². The summed E-state index contributed by atoms with van der Waals surface area (Å²) in [5.41, 5.74) is 2.73. The Kier molecular flexibility index (Phi) is 5.53. The molecule has 4 rings (SSSR count). The molecule has 1 saturated heterocycles. The molecule has 2 heterocycles. The molecule has 0 bridgehead atoms. The van der Waals surface area contributed by atoms with Crippen LogP contribution in [0.15, 0.2) is 42.5 Å². The van der Waals surface area contributed by atoms with Crippen LogP contribution in [0.3, 0.4) is 0 Å². The SMILES string of the molecule is CC(Nc1ccc2c(c1)OCCO2)C(=O)Nc1ccc(N2CCOCC2)cc1. The first-order valence-corrected chi connectivity index (χ1v) is 9.59. The van der Waals surface area contributed by atoms with E-state index in [1.807, 2.05) is 49.4 Å². The maximum absolute atomic E-state index is 12.5. The second-order valence-electron chi connectivity index (χ2n) is 6.86. The average Bonchev–Trinajstić information content (AvgIpc) is 2.75. The first kappa shape index (κ1) is 18.4. The number of benzene rings is 2. The number of hydrogen-bond acceptors (Lipinski definition) is 6. The maximum Gasteiger partial charge on any atom is 0.246 e. The topological polar surface area (TPSA) is 72.1 Å². The summed E-state index contributed by atoms with van der Waals surface area (Å²) < 4.78 is 16.5. The summed E-state index contributed by atoms with van der Waals surface area (Å²) in [5.74, 6) is 1.32. The Labute approximate surface area is 164 Å². The molecular formula is C21H25N3O4. The molecule has 2 aromatic rings. The van der Waals surface area contributed by atoms with Crippen molar-refractivity contribution in [1.82, 2.24) is 0 Å². The number of nitrogens with zero attached hydrogens (tertiary/aromatic N) is 1. The van der Waals surface area contributed by atoms with E-state index < -0.39 is 6.04 Å². The van der Waals surface area contributed by atoms with E-state index in [1.165, 1.54) is 0 Å². The van der Waals surface area contributed by atoms with Gasteiger partial charge < -0.3 is 29.7 Å². The highest BCUT2D eigenvalue weighted by Crippen LogP contribution is 2.32. The lowest BCUT2D eigenvalue weighted by atomic mass is 10.2. The Morgan fingerprint density at radius 3 is 2.36 bits per heavy atom. The normalized spacial score (nSPS) is 17.0. The summed E-state index contributed by atoms with van der Waals surface area (Å²) in [6.45, 7) is 6.21. The molecule has 0 saturated carbocycles. The third kappa shape index (κ3) is 4.31. The molecule has 2 aliphatic heterocycles. The number of amides is 1. The Morgan fingerprint density at radius 2 is 1.61 bits per heavy atom. The largest absolute Gasteiger partial charge is 0.486 e. The van der Waals surface area contributed by atoms with Gasteiger partial charge in [0.25, 0.3) is 0 Å². The molecule has 7 heteroatoms. The van der Waals surface area contributed by atoms with Crippen molar-refractivity contribution in [2.45, 2.75) is 13.0 Å². The summed E-state index contributed by atoms with van der Waals surface area (Å²) in [6, 6.07) is 13.1. The minimum atomic E-state index is -0.401. The summed E-state index contributed by atoms with van der Waals surface area (Å²) >= 11 is 0.